The molecule has 128 valence electrons. The second-order valence-electron chi connectivity index (χ2n) is 6.29. The first-order chi connectivity index (χ1) is 11.6. The van der Waals surface area contributed by atoms with E-state index in [1.165, 1.54) is 0 Å². The average Bonchev–Trinajstić information content (AvgIpc) is 3.09. The molecule has 0 aliphatic heterocycles. The molecule has 3 rings (SSSR count). The van der Waals surface area contributed by atoms with Crippen molar-refractivity contribution in [2.45, 2.75) is 38.1 Å². The molecule has 24 heavy (non-hydrogen) atoms. The number of aliphatic hydroxyl groups excluding tert-OH is 1. The Labute approximate surface area is 140 Å². The summed E-state index contributed by atoms with van der Waals surface area (Å²) in [5, 5.41) is 11.9. The van der Waals surface area contributed by atoms with Crippen LogP contribution < -0.4 is 16.5 Å². The third-order valence-corrected chi connectivity index (χ3v) is 4.68. The van der Waals surface area contributed by atoms with Crippen molar-refractivity contribution in [2.75, 3.05) is 18.9 Å². The van der Waals surface area contributed by atoms with Gasteiger partial charge in [0.05, 0.1) is 10.9 Å². The molecular weight excluding hydrogens is 306 g/mol. The molecule has 1 fully saturated rings. The number of hydrogen-bond acceptors (Lipinski definition) is 4. The molecule has 0 spiro atoms. The molecule has 1 aromatic heterocycles. The van der Waals surface area contributed by atoms with Crippen molar-refractivity contribution >= 4 is 22.5 Å². The predicted molar refractivity (Wildman–Crippen MR) is 94.2 cm³/mol. The molecule has 6 heteroatoms. The van der Waals surface area contributed by atoms with Gasteiger partial charge in [-0.1, -0.05) is 18.9 Å². The predicted octanol–water partition coefficient (Wildman–Crippen LogP) is 1.81. The van der Waals surface area contributed by atoms with E-state index in [1.54, 1.807) is 12.3 Å². The monoisotopic (exact) mass is 329 g/mol. The number of amides is 1. The largest absolute Gasteiger partial charge is 0.398 e. The molecule has 1 aromatic carbocycles. The quantitative estimate of drug-likeness (QED) is 0.575. The van der Waals surface area contributed by atoms with Crippen molar-refractivity contribution in [1.82, 2.24) is 9.88 Å². The Bertz CT molecular complexity index is 807. The molecule has 1 heterocycles. The van der Waals surface area contributed by atoms with Crippen LogP contribution in [0, 0.1) is 0 Å². The molecule has 1 saturated carbocycles. The SMILES string of the molecule is Nc1cccc2c1c(=O)c(C(=O)NCCCO)cn2C1CCCC1. The van der Waals surface area contributed by atoms with Gasteiger partial charge in [0.25, 0.3) is 5.91 Å². The fourth-order valence-electron chi connectivity index (χ4n) is 3.44. The highest BCUT2D eigenvalue weighted by Gasteiger charge is 2.22. The number of rotatable bonds is 5. The van der Waals surface area contributed by atoms with Crippen molar-refractivity contribution in [3.05, 3.63) is 40.2 Å². The fraction of sp³-hybridized carbons (Fsp3) is 0.444. The van der Waals surface area contributed by atoms with E-state index in [-0.39, 0.29) is 17.6 Å². The fourth-order valence-corrected chi connectivity index (χ4v) is 3.44. The Morgan fingerprint density at radius 2 is 2.08 bits per heavy atom. The lowest BCUT2D eigenvalue weighted by molar-refractivity contribution is 0.0949. The minimum atomic E-state index is -0.412. The molecule has 0 saturated heterocycles. The van der Waals surface area contributed by atoms with Crippen molar-refractivity contribution in [1.29, 1.82) is 0 Å². The summed E-state index contributed by atoms with van der Waals surface area (Å²) in [5.74, 6) is -0.412. The maximum atomic E-state index is 12.8. The van der Waals surface area contributed by atoms with Gasteiger partial charge < -0.3 is 20.7 Å². The standard InChI is InChI=1S/C18H23N3O3/c19-14-7-3-8-15-16(14)17(23)13(18(24)20-9-4-10-22)11-21(15)12-5-1-2-6-12/h3,7-8,11-12,22H,1-2,4-6,9-10,19H2,(H,20,24). The maximum absolute atomic E-state index is 12.8. The second-order valence-corrected chi connectivity index (χ2v) is 6.29. The van der Waals surface area contributed by atoms with Crippen molar-refractivity contribution in [3.63, 3.8) is 0 Å². The van der Waals surface area contributed by atoms with Crippen LogP contribution in [0.15, 0.2) is 29.2 Å². The number of benzene rings is 1. The van der Waals surface area contributed by atoms with Crippen LogP contribution in [-0.4, -0.2) is 28.7 Å². The van der Waals surface area contributed by atoms with Crippen molar-refractivity contribution in [2.24, 2.45) is 0 Å². The van der Waals surface area contributed by atoms with Gasteiger partial charge in [0.1, 0.15) is 5.56 Å². The number of hydrogen-bond donors (Lipinski definition) is 3. The molecule has 1 aliphatic rings. The van der Waals surface area contributed by atoms with E-state index in [1.807, 2.05) is 16.7 Å². The van der Waals surface area contributed by atoms with Crippen LogP contribution >= 0.6 is 0 Å². The van der Waals surface area contributed by atoms with Gasteiger partial charge in [0.2, 0.25) is 5.43 Å². The number of aromatic nitrogens is 1. The summed E-state index contributed by atoms with van der Waals surface area (Å²) in [6.45, 7) is 0.331. The van der Waals surface area contributed by atoms with E-state index >= 15 is 0 Å². The highest BCUT2D eigenvalue weighted by Crippen LogP contribution is 2.32. The molecule has 6 nitrogen and oxygen atoms in total. The van der Waals surface area contributed by atoms with Crippen LogP contribution in [0.2, 0.25) is 0 Å². The third-order valence-electron chi connectivity index (χ3n) is 4.68. The second kappa shape index (κ2) is 7.05. The number of carbonyl (C=O) groups excluding carboxylic acids is 1. The third kappa shape index (κ3) is 3.01. The molecule has 0 atom stereocenters. The van der Waals surface area contributed by atoms with Gasteiger partial charge in [0, 0.05) is 31.1 Å². The number of anilines is 1. The summed E-state index contributed by atoms with van der Waals surface area (Å²) in [7, 11) is 0. The first-order valence-corrected chi connectivity index (χ1v) is 8.46. The number of fused-ring (bicyclic) bond motifs is 1. The summed E-state index contributed by atoms with van der Waals surface area (Å²) in [6, 6.07) is 5.71. The zero-order valence-electron chi connectivity index (χ0n) is 13.6. The van der Waals surface area contributed by atoms with Gasteiger partial charge in [-0.15, -0.1) is 0 Å². The Balaban J connectivity index is 2.12. The van der Waals surface area contributed by atoms with Gasteiger partial charge in [-0.3, -0.25) is 9.59 Å². The molecule has 0 unspecified atom stereocenters. The van der Waals surface area contributed by atoms with Crippen LogP contribution in [0.5, 0.6) is 0 Å². The Morgan fingerprint density at radius 3 is 2.79 bits per heavy atom. The molecule has 1 amide bonds. The summed E-state index contributed by atoms with van der Waals surface area (Å²) in [4.78, 5) is 25.2. The normalized spacial score (nSPS) is 15.0. The summed E-state index contributed by atoms with van der Waals surface area (Å²) < 4.78 is 2.04. The lowest BCUT2D eigenvalue weighted by atomic mass is 10.1. The molecular formula is C18H23N3O3. The van der Waals surface area contributed by atoms with E-state index in [2.05, 4.69) is 5.32 Å². The number of nitrogens with one attached hydrogen (secondary N) is 1. The van der Waals surface area contributed by atoms with E-state index in [0.717, 1.165) is 31.2 Å². The van der Waals surface area contributed by atoms with Gasteiger partial charge in [-0.05, 0) is 31.4 Å². The molecule has 1 aliphatic carbocycles. The van der Waals surface area contributed by atoms with E-state index in [0.29, 0.717) is 30.1 Å². The van der Waals surface area contributed by atoms with E-state index < -0.39 is 5.91 Å². The van der Waals surface area contributed by atoms with Crippen LogP contribution in [0.25, 0.3) is 10.9 Å². The van der Waals surface area contributed by atoms with Gasteiger partial charge in [0.15, 0.2) is 0 Å². The van der Waals surface area contributed by atoms with Gasteiger partial charge in [-0.2, -0.15) is 0 Å². The van der Waals surface area contributed by atoms with Gasteiger partial charge in [-0.25, -0.2) is 0 Å². The zero-order chi connectivity index (χ0) is 17.1. The van der Waals surface area contributed by atoms with Crippen LogP contribution in [0.1, 0.15) is 48.5 Å². The van der Waals surface area contributed by atoms with Crippen molar-refractivity contribution in [3.8, 4) is 0 Å². The zero-order valence-corrected chi connectivity index (χ0v) is 13.6. The number of carbonyl (C=O) groups is 1. The first-order valence-electron chi connectivity index (χ1n) is 8.46. The highest BCUT2D eigenvalue weighted by atomic mass is 16.3. The number of nitrogens with two attached hydrogens (primary N) is 1. The lowest BCUT2D eigenvalue weighted by Gasteiger charge is -2.20. The summed E-state index contributed by atoms with van der Waals surface area (Å²) in [5.41, 5.74) is 7.01. The van der Waals surface area contributed by atoms with E-state index in [4.69, 9.17) is 10.8 Å². The lowest BCUT2D eigenvalue weighted by Crippen LogP contribution is -2.31. The minimum absolute atomic E-state index is 0.00272. The van der Waals surface area contributed by atoms with Crippen LogP contribution in [-0.2, 0) is 0 Å². The number of nitrogens with zero attached hydrogens (tertiary/aromatic N) is 1. The maximum Gasteiger partial charge on any atom is 0.256 e. The van der Waals surface area contributed by atoms with Crippen LogP contribution in [0.4, 0.5) is 5.69 Å². The Morgan fingerprint density at radius 1 is 1.33 bits per heavy atom. The van der Waals surface area contributed by atoms with E-state index in [9.17, 15) is 9.59 Å². The molecule has 0 bridgehead atoms. The minimum Gasteiger partial charge on any atom is -0.398 e. The topological polar surface area (TPSA) is 97.3 Å². The first kappa shape index (κ1) is 16.5. The molecule has 0 radical (unpaired) electrons. The summed E-state index contributed by atoms with van der Waals surface area (Å²) in [6.07, 6.45) is 6.51. The van der Waals surface area contributed by atoms with Crippen molar-refractivity contribution < 1.29 is 9.90 Å². The number of pyridine rings is 1. The Hall–Kier alpha value is -2.34. The Kier molecular flexibility index (Phi) is 4.85. The average molecular weight is 329 g/mol. The van der Waals surface area contributed by atoms with Gasteiger partial charge >= 0.3 is 0 Å². The smallest absolute Gasteiger partial charge is 0.256 e. The number of nitrogen functional groups attached to an aromatic ring is 1. The molecule has 4 N–H and O–H groups in total. The number of aliphatic hydroxyl groups is 1. The van der Waals surface area contributed by atoms with Crippen LogP contribution in [0.3, 0.4) is 0 Å². The highest BCUT2D eigenvalue weighted by molar-refractivity contribution is 6.00. The molecule has 2 aromatic rings. The summed E-state index contributed by atoms with van der Waals surface area (Å²) >= 11 is 0.